The van der Waals surface area contributed by atoms with E-state index in [1.165, 1.54) is 11.8 Å². The fourth-order valence-corrected chi connectivity index (χ4v) is 7.43. The molecular formula is C25H30IN6O3S-. The number of aliphatic imine (C=N–C) groups is 1. The van der Waals surface area contributed by atoms with Crippen molar-refractivity contribution < 1.29 is 34.4 Å². The number of nitrogens with zero attached hydrogens (tertiary/aromatic N) is 4. The average Bonchev–Trinajstić information content (AvgIpc) is 3.25. The fourth-order valence-electron chi connectivity index (χ4n) is 4.61. The molecule has 2 fully saturated rings. The average molecular weight is 622 g/mol. The van der Waals surface area contributed by atoms with Crippen molar-refractivity contribution in [2.45, 2.75) is 31.2 Å². The molecule has 0 aliphatic carbocycles. The summed E-state index contributed by atoms with van der Waals surface area (Å²) in [4.78, 5) is 16.1. The summed E-state index contributed by atoms with van der Waals surface area (Å²) in [6.07, 6.45) is 9.60. The van der Waals surface area contributed by atoms with Crippen molar-refractivity contribution in [2.75, 3.05) is 43.2 Å². The molecule has 3 aliphatic rings. The van der Waals surface area contributed by atoms with Gasteiger partial charge in [-0.2, -0.15) is 0 Å². The number of sulfone groups is 1. The third-order valence-electron chi connectivity index (χ3n) is 6.64. The summed E-state index contributed by atoms with van der Waals surface area (Å²) in [5.41, 5.74) is 1.55. The topological polar surface area (TPSA) is 109 Å². The molecule has 11 heteroatoms. The number of allylic oxidation sites excluding steroid dienone is 1. The fraction of sp³-hybridized carbons (Fsp3) is 0.400. The number of anilines is 2. The van der Waals surface area contributed by atoms with Crippen LogP contribution in [0.2, 0.25) is 0 Å². The molecule has 5 rings (SSSR count). The SMILES string of the molecule is CC1=CN=C(Nc2ccc([C@@H](C)N3CC4(CCOC4)C3)cn2)C=C(Nc2ncccc2S(C)(=O)=O)[I-]1. The Hall–Kier alpha value is -2.35. The van der Waals surface area contributed by atoms with Crippen molar-refractivity contribution >= 4 is 27.3 Å². The second-order valence-electron chi connectivity index (χ2n) is 9.55. The number of nitrogens with one attached hydrogen (secondary N) is 2. The van der Waals surface area contributed by atoms with Gasteiger partial charge in [0, 0.05) is 6.61 Å². The van der Waals surface area contributed by atoms with Gasteiger partial charge in [-0.25, -0.2) is 0 Å². The van der Waals surface area contributed by atoms with E-state index in [-0.39, 0.29) is 4.90 Å². The number of hydrogen-bond acceptors (Lipinski definition) is 9. The van der Waals surface area contributed by atoms with Gasteiger partial charge in [-0.3, -0.25) is 0 Å². The van der Waals surface area contributed by atoms with Gasteiger partial charge in [0.1, 0.15) is 0 Å². The predicted octanol–water partition coefficient (Wildman–Crippen LogP) is 0.391. The second-order valence-corrected chi connectivity index (χ2v) is 14.9. The summed E-state index contributed by atoms with van der Waals surface area (Å²) in [6.45, 7) is 8.18. The number of hydrogen-bond donors (Lipinski definition) is 2. The van der Waals surface area contributed by atoms with Crippen molar-refractivity contribution in [3.8, 4) is 0 Å². The Kier molecular flexibility index (Phi) is 7.16. The zero-order valence-electron chi connectivity index (χ0n) is 20.5. The van der Waals surface area contributed by atoms with E-state index in [4.69, 9.17) is 4.74 Å². The minimum absolute atomic E-state index is 0.173. The first-order chi connectivity index (χ1) is 17.2. The van der Waals surface area contributed by atoms with E-state index in [1.807, 2.05) is 31.5 Å². The molecule has 0 bridgehead atoms. The zero-order valence-corrected chi connectivity index (χ0v) is 23.5. The molecule has 5 heterocycles. The van der Waals surface area contributed by atoms with Gasteiger partial charge in [-0.1, -0.05) is 0 Å². The molecule has 1 atom stereocenters. The molecule has 192 valence electrons. The Bertz CT molecular complexity index is 1330. The Labute approximate surface area is 222 Å². The summed E-state index contributed by atoms with van der Waals surface area (Å²) < 4.78 is 32.0. The van der Waals surface area contributed by atoms with Gasteiger partial charge in [0.2, 0.25) is 0 Å². The summed E-state index contributed by atoms with van der Waals surface area (Å²) in [6, 6.07) is 7.57. The molecule has 2 aromatic heterocycles. The van der Waals surface area contributed by atoms with E-state index in [9.17, 15) is 8.42 Å². The molecule has 2 aromatic rings. The van der Waals surface area contributed by atoms with E-state index < -0.39 is 31.0 Å². The van der Waals surface area contributed by atoms with Gasteiger partial charge in [-0.05, 0) is 6.42 Å². The minimum atomic E-state index is -3.41. The normalized spacial score (nSPS) is 20.8. The van der Waals surface area contributed by atoms with Crippen LogP contribution < -0.4 is 31.8 Å². The standard InChI is InChI=1S/C25H30IN6O3S/c1-17-12-28-23(11-21(26-17)30-24-20(36(3,33)34)5-4-9-27-24)31-22-7-6-19(13-29-22)18(2)32-14-25(15-32)8-10-35-16-25/h4-7,9,11-13,18H,8,10,14-16H2,1-3H3,(H,27,30)(H,28,29,31)/q-1/t18-/m1/s1. The molecule has 0 saturated carbocycles. The molecule has 9 nitrogen and oxygen atoms in total. The van der Waals surface area contributed by atoms with Gasteiger partial charge in [0.25, 0.3) is 0 Å². The molecule has 36 heavy (non-hydrogen) atoms. The van der Waals surface area contributed by atoms with Crippen molar-refractivity contribution in [2.24, 2.45) is 10.4 Å². The Balaban J connectivity index is 1.27. The van der Waals surface area contributed by atoms with Crippen LogP contribution in [0, 0.1) is 5.41 Å². The van der Waals surface area contributed by atoms with Crippen LogP contribution in [0.4, 0.5) is 11.6 Å². The van der Waals surface area contributed by atoms with Crippen LogP contribution in [0.3, 0.4) is 0 Å². The van der Waals surface area contributed by atoms with E-state index >= 15 is 0 Å². The monoisotopic (exact) mass is 621 g/mol. The van der Waals surface area contributed by atoms with Gasteiger partial charge in [-0.15, -0.1) is 0 Å². The number of amidine groups is 1. The van der Waals surface area contributed by atoms with Gasteiger partial charge < -0.3 is 4.74 Å². The molecule has 2 N–H and O–H groups in total. The van der Waals surface area contributed by atoms with Gasteiger partial charge in [0.15, 0.2) is 0 Å². The number of aromatic nitrogens is 2. The summed E-state index contributed by atoms with van der Waals surface area (Å²) in [7, 11) is -3.41. The summed E-state index contributed by atoms with van der Waals surface area (Å²) >= 11 is -0.558. The van der Waals surface area contributed by atoms with E-state index in [0.717, 1.165) is 40.0 Å². The molecule has 0 radical (unpaired) electrons. The van der Waals surface area contributed by atoms with Crippen LogP contribution in [-0.4, -0.2) is 61.7 Å². The number of rotatable bonds is 6. The first-order valence-electron chi connectivity index (χ1n) is 11.8. The van der Waals surface area contributed by atoms with Crippen molar-refractivity contribution in [1.29, 1.82) is 0 Å². The van der Waals surface area contributed by atoms with Crippen LogP contribution >= 0.6 is 0 Å². The Morgan fingerprint density at radius 3 is 2.72 bits per heavy atom. The molecule has 2 saturated heterocycles. The Morgan fingerprint density at radius 1 is 1.19 bits per heavy atom. The van der Waals surface area contributed by atoms with E-state index in [2.05, 4.69) is 43.5 Å². The maximum absolute atomic E-state index is 12.2. The van der Waals surface area contributed by atoms with Gasteiger partial charge >= 0.3 is 199 Å². The first-order valence-corrected chi connectivity index (χ1v) is 15.8. The number of likely N-dealkylation sites (tertiary alicyclic amines) is 1. The molecule has 0 amide bonds. The predicted molar refractivity (Wildman–Crippen MR) is 136 cm³/mol. The van der Waals surface area contributed by atoms with E-state index in [0.29, 0.717) is 28.9 Å². The number of pyridine rings is 2. The van der Waals surface area contributed by atoms with Crippen molar-refractivity contribution in [1.82, 2.24) is 14.9 Å². The van der Waals surface area contributed by atoms with Crippen LogP contribution in [0.1, 0.15) is 31.9 Å². The zero-order chi connectivity index (χ0) is 25.3. The maximum atomic E-state index is 12.2. The third-order valence-corrected chi connectivity index (χ3v) is 10.1. The second kappa shape index (κ2) is 10.2. The molecular weight excluding hydrogens is 591 g/mol. The van der Waals surface area contributed by atoms with Crippen molar-refractivity contribution in [3.05, 3.63) is 61.8 Å². The summed E-state index contributed by atoms with van der Waals surface area (Å²) in [5.74, 6) is 1.66. The van der Waals surface area contributed by atoms with Crippen molar-refractivity contribution in [3.63, 3.8) is 0 Å². The third kappa shape index (κ3) is 5.63. The number of ether oxygens (including phenoxy) is 1. The molecule has 0 aromatic carbocycles. The van der Waals surface area contributed by atoms with Crippen LogP contribution in [0.25, 0.3) is 0 Å². The quantitative estimate of drug-likeness (QED) is 0.353. The Morgan fingerprint density at radius 2 is 2.03 bits per heavy atom. The number of halogens is 1. The van der Waals surface area contributed by atoms with Crippen LogP contribution in [0.15, 0.2) is 66.1 Å². The molecule has 0 unspecified atom stereocenters. The molecule has 3 aliphatic heterocycles. The van der Waals surface area contributed by atoms with Gasteiger partial charge in [0.05, 0.1) is 6.61 Å². The van der Waals surface area contributed by atoms with Crippen LogP contribution in [0.5, 0.6) is 0 Å². The van der Waals surface area contributed by atoms with Crippen LogP contribution in [-0.2, 0) is 14.6 Å². The molecule has 1 spiro atoms. The van der Waals surface area contributed by atoms with E-state index in [1.54, 1.807) is 18.3 Å². The first kappa shape index (κ1) is 25.3. The summed E-state index contributed by atoms with van der Waals surface area (Å²) in [5, 5.41) is 6.53.